The summed E-state index contributed by atoms with van der Waals surface area (Å²) in [5, 5.41) is 10.1. The number of benzene rings is 3. The molecule has 0 heterocycles. The van der Waals surface area contributed by atoms with Crippen LogP contribution in [-0.4, -0.2) is 18.3 Å². The highest BCUT2D eigenvalue weighted by molar-refractivity contribution is 5.94. The Morgan fingerprint density at radius 2 is 1.73 bits per heavy atom. The van der Waals surface area contributed by atoms with Gasteiger partial charge in [0.2, 0.25) is 0 Å². The third kappa shape index (κ3) is 5.60. The first-order valence-corrected chi connectivity index (χ1v) is 10.5. The molecule has 0 saturated heterocycles. The van der Waals surface area contributed by atoms with E-state index in [4.69, 9.17) is 21.6 Å². The lowest BCUT2D eigenvalue weighted by Gasteiger charge is -2.19. The third-order valence-corrected chi connectivity index (χ3v) is 5.19. The standard InChI is InChI=1S/C25H26F2N4O2/c1-2-33-23(25(32)31-14-15-7-9-16(10-8-15)24(29)30)22-20(26)11-18(12-21(22)27)19-6-4-3-5-17(19)13-28/h3-12,23H,2,13-14,28H2,1H3,(H3,29,30)(H,31,32). The minimum atomic E-state index is -1.45. The largest absolute Gasteiger partial charge is 0.384 e. The molecule has 1 unspecified atom stereocenters. The first-order valence-electron chi connectivity index (χ1n) is 10.5. The highest BCUT2D eigenvalue weighted by Gasteiger charge is 2.28. The van der Waals surface area contributed by atoms with E-state index >= 15 is 8.78 Å². The summed E-state index contributed by atoms with van der Waals surface area (Å²) >= 11 is 0. The molecule has 0 bridgehead atoms. The number of rotatable bonds is 9. The van der Waals surface area contributed by atoms with Crippen molar-refractivity contribution < 1.29 is 18.3 Å². The van der Waals surface area contributed by atoms with E-state index in [1.54, 1.807) is 55.5 Å². The minimum absolute atomic E-state index is 0.0644. The van der Waals surface area contributed by atoms with Gasteiger partial charge in [0.25, 0.3) is 5.91 Å². The Hall–Kier alpha value is -3.62. The fourth-order valence-electron chi connectivity index (χ4n) is 3.51. The quantitative estimate of drug-likeness (QED) is 0.292. The van der Waals surface area contributed by atoms with Crippen LogP contribution in [0.1, 0.15) is 35.3 Å². The molecule has 0 aliphatic heterocycles. The molecule has 33 heavy (non-hydrogen) atoms. The lowest BCUT2D eigenvalue weighted by Crippen LogP contribution is -2.31. The number of amidine groups is 1. The fourth-order valence-corrected chi connectivity index (χ4v) is 3.51. The second kappa shape index (κ2) is 10.8. The minimum Gasteiger partial charge on any atom is -0.384 e. The molecule has 0 radical (unpaired) electrons. The Kier molecular flexibility index (Phi) is 7.87. The molecule has 0 aliphatic carbocycles. The summed E-state index contributed by atoms with van der Waals surface area (Å²) in [5.41, 5.74) is 13.7. The van der Waals surface area contributed by atoms with Gasteiger partial charge in [0.05, 0.1) is 5.56 Å². The highest BCUT2D eigenvalue weighted by atomic mass is 19.1. The zero-order chi connectivity index (χ0) is 24.0. The zero-order valence-electron chi connectivity index (χ0n) is 18.2. The average Bonchev–Trinajstić information content (AvgIpc) is 2.81. The first-order chi connectivity index (χ1) is 15.8. The van der Waals surface area contributed by atoms with Gasteiger partial charge in [-0.2, -0.15) is 0 Å². The number of carbonyl (C=O) groups excluding carboxylic acids is 1. The fraction of sp³-hybridized carbons (Fsp3) is 0.200. The molecule has 6 N–H and O–H groups in total. The zero-order valence-corrected chi connectivity index (χ0v) is 18.2. The van der Waals surface area contributed by atoms with Gasteiger partial charge in [-0.3, -0.25) is 10.2 Å². The lowest BCUT2D eigenvalue weighted by atomic mass is 9.96. The summed E-state index contributed by atoms with van der Waals surface area (Å²) in [6, 6.07) is 16.2. The molecule has 0 aromatic heterocycles. The van der Waals surface area contributed by atoms with Crippen LogP contribution in [0.15, 0.2) is 60.7 Å². The maximum atomic E-state index is 15.1. The second-order valence-electron chi connectivity index (χ2n) is 7.38. The van der Waals surface area contributed by atoms with Crippen molar-refractivity contribution in [3.05, 3.63) is 94.6 Å². The normalized spacial score (nSPS) is 11.8. The molecule has 172 valence electrons. The van der Waals surface area contributed by atoms with Gasteiger partial charge in [0.1, 0.15) is 17.5 Å². The molecule has 0 aliphatic rings. The van der Waals surface area contributed by atoms with Crippen molar-refractivity contribution in [2.45, 2.75) is 26.1 Å². The number of halogens is 2. The predicted octanol–water partition coefficient (Wildman–Crippen LogP) is 3.77. The number of hydrogen-bond donors (Lipinski definition) is 4. The van der Waals surface area contributed by atoms with Crippen LogP contribution < -0.4 is 16.8 Å². The lowest BCUT2D eigenvalue weighted by molar-refractivity contribution is -0.133. The molecular weight excluding hydrogens is 426 g/mol. The number of nitrogens with two attached hydrogens (primary N) is 2. The molecule has 8 heteroatoms. The summed E-state index contributed by atoms with van der Waals surface area (Å²) in [4.78, 5) is 12.8. The molecular formula is C25H26F2N4O2. The Bertz CT molecular complexity index is 1130. The van der Waals surface area contributed by atoms with Crippen molar-refractivity contribution in [1.82, 2.24) is 5.32 Å². The highest BCUT2D eigenvalue weighted by Crippen LogP contribution is 2.31. The number of hydrogen-bond acceptors (Lipinski definition) is 4. The Labute approximate surface area is 191 Å². The monoisotopic (exact) mass is 452 g/mol. The van der Waals surface area contributed by atoms with Crippen LogP contribution in [0, 0.1) is 17.0 Å². The van der Waals surface area contributed by atoms with E-state index < -0.39 is 29.2 Å². The van der Waals surface area contributed by atoms with Gasteiger partial charge in [-0.15, -0.1) is 0 Å². The Morgan fingerprint density at radius 3 is 2.30 bits per heavy atom. The van der Waals surface area contributed by atoms with E-state index in [0.29, 0.717) is 16.7 Å². The molecule has 0 spiro atoms. The molecule has 0 saturated carbocycles. The van der Waals surface area contributed by atoms with Crippen LogP contribution in [0.3, 0.4) is 0 Å². The van der Waals surface area contributed by atoms with Crippen LogP contribution in [0.25, 0.3) is 11.1 Å². The number of nitrogens with one attached hydrogen (secondary N) is 2. The maximum Gasteiger partial charge on any atom is 0.254 e. The Balaban J connectivity index is 1.84. The molecule has 0 fully saturated rings. The summed E-state index contributed by atoms with van der Waals surface area (Å²) in [6.07, 6.45) is -1.45. The first kappa shape index (κ1) is 24.0. The van der Waals surface area contributed by atoms with Gasteiger partial charge in [0.15, 0.2) is 6.10 Å². The van der Waals surface area contributed by atoms with Crippen LogP contribution in [0.4, 0.5) is 8.78 Å². The number of nitrogen functional groups attached to an aromatic ring is 1. The van der Waals surface area contributed by atoms with Crippen molar-refractivity contribution in [1.29, 1.82) is 5.41 Å². The van der Waals surface area contributed by atoms with Crippen molar-refractivity contribution in [3.63, 3.8) is 0 Å². The second-order valence-corrected chi connectivity index (χ2v) is 7.38. The topological polar surface area (TPSA) is 114 Å². The SMILES string of the molecule is CCOC(C(=O)NCc1ccc(C(=N)N)cc1)c1c(F)cc(-c2ccccc2CN)cc1F. The summed E-state index contributed by atoms with van der Waals surface area (Å²) in [5.74, 6) is -2.49. The van der Waals surface area contributed by atoms with E-state index in [1.807, 2.05) is 0 Å². The molecule has 1 amide bonds. The van der Waals surface area contributed by atoms with Crippen molar-refractivity contribution >= 4 is 11.7 Å². The maximum absolute atomic E-state index is 15.1. The summed E-state index contributed by atoms with van der Waals surface area (Å²) in [7, 11) is 0. The van der Waals surface area contributed by atoms with Crippen molar-refractivity contribution in [2.75, 3.05) is 6.61 Å². The van der Waals surface area contributed by atoms with Crippen LogP contribution in [0.5, 0.6) is 0 Å². The van der Waals surface area contributed by atoms with Gasteiger partial charge in [-0.1, -0.05) is 48.5 Å². The van der Waals surface area contributed by atoms with Gasteiger partial charge in [0, 0.05) is 25.3 Å². The van der Waals surface area contributed by atoms with Gasteiger partial charge >= 0.3 is 0 Å². The van der Waals surface area contributed by atoms with Crippen molar-refractivity contribution in [2.24, 2.45) is 11.5 Å². The molecule has 3 rings (SSSR count). The van der Waals surface area contributed by atoms with E-state index in [9.17, 15) is 4.79 Å². The Morgan fingerprint density at radius 1 is 1.09 bits per heavy atom. The summed E-state index contributed by atoms with van der Waals surface area (Å²) in [6.45, 7) is 2.06. The van der Waals surface area contributed by atoms with Crippen LogP contribution in [0.2, 0.25) is 0 Å². The third-order valence-electron chi connectivity index (χ3n) is 5.19. The molecule has 3 aromatic carbocycles. The van der Waals surface area contributed by atoms with E-state index in [-0.39, 0.29) is 25.5 Å². The van der Waals surface area contributed by atoms with Gasteiger partial charge in [-0.25, -0.2) is 8.78 Å². The van der Waals surface area contributed by atoms with Gasteiger partial charge < -0.3 is 21.5 Å². The molecule has 3 aromatic rings. The molecule has 1 atom stereocenters. The molecule has 6 nitrogen and oxygen atoms in total. The van der Waals surface area contributed by atoms with E-state index in [1.165, 1.54) is 12.1 Å². The number of amides is 1. The smallest absolute Gasteiger partial charge is 0.254 e. The summed E-state index contributed by atoms with van der Waals surface area (Å²) < 4.78 is 35.6. The average molecular weight is 453 g/mol. The predicted molar refractivity (Wildman–Crippen MR) is 123 cm³/mol. The van der Waals surface area contributed by atoms with E-state index in [0.717, 1.165) is 11.1 Å². The number of ether oxygens (including phenoxy) is 1. The number of carbonyl (C=O) groups is 1. The van der Waals surface area contributed by atoms with E-state index in [2.05, 4.69) is 5.32 Å². The van der Waals surface area contributed by atoms with Crippen molar-refractivity contribution in [3.8, 4) is 11.1 Å². The van der Waals surface area contributed by atoms with Gasteiger partial charge in [-0.05, 0) is 41.3 Å². The van der Waals surface area contributed by atoms with Crippen LogP contribution >= 0.6 is 0 Å². The van der Waals surface area contributed by atoms with Crippen LogP contribution in [-0.2, 0) is 22.6 Å².